The van der Waals surface area contributed by atoms with Crippen LogP contribution in [0, 0.1) is 5.82 Å². The third-order valence-corrected chi connectivity index (χ3v) is 4.10. The zero-order chi connectivity index (χ0) is 15.1. The number of benzene rings is 2. The van der Waals surface area contributed by atoms with Gasteiger partial charge in [0.1, 0.15) is 29.6 Å². The molecule has 0 amide bonds. The highest BCUT2D eigenvalue weighted by Crippen LogP contribution is 2.42. The first kappa shape index (κ1) is 13.0. The summed E-state index contributed by atoms with van der Waals surface area (Å²) in [5.41, 5.74) is 2.01. The molecule has 0 saturated carbocycles. The fraction of sp³-hybridized carbons (Fsp3) is 0.176. The van der Waals surface area contributed by atoms with Crippen LogP contribution < -0.4 is 9.75 Å². The summed E-state index contributed by atoms with van der Waals surface area (Å²) in [5, 5.41) is 6.12. The number of anilines is 1. The van der Waals surface area contributed by atoms with E-state index in [2.05, 4.69) is 5.10 Å². The predicted octanol–water partition coefficient (Wildman–Crippen LogP) is 2.75. The van der Waals surface area contributed by atoms with Crippen LogP contribution in [-0.4, -0.2) is 24.6 Å². The topological polar surface area (TPSA) is 41.9 Å². The Labute approximate surface area is 126 Å². The van der Waals surface area contributed by atoms with E-state index in [0.717, 1.165) is 11.8 Å². The Balaban J connectivity index is 1.80. The fourth-order valence-electron chi connectivity index (χ4n) is 3.12. The summed E-state index contributed by atoms with van der Waals surface area (Å²) in [6.45, 7) is 0.402. The molecular formula is C17H13FN2O2. The molecule has 1 unspecified atom stereocenters. The van der Waals surface area contributed by atoms with Gasteiger partial charge >= 0.3 is 0 Å². The summed E-state index contributed by atoms with van der Waals surface area (Å²) < 4.78 is 19.3. The zero-order valence-corrected chi connectivity index (χ0v) is 11.6. The van der Waals surface area contributed by atoms with Gasteiger partial charge in [0, 0.05) is 6.07 Å². The zero-order valence-electron chi connectivity index (χ0n) is 11.6. The maximum atomic E-state index is 13.6. The maximum absolute atomic E-state index is 13.6. The van der Waals surface area contributed by atoms with Gasteiger partial charge in [0.05, 0.1) is 12.0 Å². The van der Waals surface area contributed by atoms with Gasteiger partial charge in [-0.1, -0.05) is 30.3 Å². The first-order chi connectivity index (χ1) is 10.8. The van der Waals surface area contributed by atoms with Crippen LogP contribution in [0.25, 0.3) is 0 Å². The van der Waals surface area contributed by atoms with Crippen LogP contribution in [0.5, 0.6) is 5.75 Å². The molecule has 0 bridgehead atoms. The van der Waals surface area contributed by atoms with E-state index in [1.54, 1.807) is 11.1 Å². The highest BCUT2D eigenvalue weighted by Gasteiger charge is 2.42. The summed E-state index contributed by atoms with van der Waals surface area (Å²) >= 11 is 0. The maximum Gasteiger partial charge on any atom is 0.166 e. The summed E-state index contributed by atoms with van der Waals surface area (Å²) in [6.07, 6.45) is 0.773. The average molecular weight is 296 g/mol. The smallest absolute Gasteiger partial charge is 0.166 e. The highest BCUT2D eigenvalue weighted by molar-refractivity contribution is 6.32. The minimum absolute atomic E-state index is 0.142. The molecule has 4 nitrogen and oxygen atoms in total. The van der Waals surface area contributed by atoms with Gasteiger partial charge in [-0.2, -0.15) is 5.10 Å². The molecule has 2 aliphatic rings. The molecule has 0 spiro atoms. The Morgan fingerprint density at radius 2 is 2.05 bits per heavy atom. The average Bonchev–Trinajstić information content (AvgIpc) is 2.94. The lowest BCUT2D eigenvalue weighted by Gasteiger charge is -2.33. The lowest BCUT2D eigenvalue weighted by Crippen LogP contribution is -2.40. The van der Waals surface area contributed by atoms with Crippen LogP contribution in [-0.2, 0) is 4.79 Å². The molecule has 0 fully saturated rings. The monoisotopic (exact) mass is 296 g/mol. The first-order valence-corrected chi connectivity index (χ1v) is 7.08. The molecule has 2 aromatic carbocycles. The van der Waals surface area contributed by atoms with Crippen LogP contribution in [0.15, 0.2) is 53.6 Å². The van der Waals surface area contributed by atoms with E-state index < -0.39 is 0 Å². The van der Waals surface area contributed by atoms with Crippen molar-refractivity contribution in [3.63, 3.8) is 0 Å². The third kappa shape index (κ3) is 1.89. The van der Waals surface area contributed by atoms with Gasteiger partial charge in [-0.05, 0) is 17.7 Å². The number of aldehydes is 1. The minimum Gasteiger partial charge on any atom is -0.489 e. The SMILES string of the molecule is O=CC1=NN2c3cc(F)ccc3OC[C@H]2C1c1ccccc1. The second-order valence-electron chi connectivity index (χ2n) is 5.37. The van der Waals surface area contributed by atoms with Crippen molar-refractivity contribution in [2.75, 3.05) is 11.6 Å². The predicted molar refractivity (Wildman–Crippen MR) is 80.8 cm³/mol. The van der Waals surface area contributed by atoms with Crippen molar-refractivity contribution in [3.8, 4) is 5.75 Å². The largest absolute Gasteiger partial charge is 0.489 e. The van der Waals surface area contributed by atoms with Crippen molar-refractivity contribution >= 4 is 17.7 Å². The second kappa shape index (κ2) is 4.94. The van der Waals surface area contributed by atoms with Gasteiger partial charge in [-0.25, -0.2) is 4.39 Å². The van der Waals surface area contributed by atoms with Crippen molar-refractivity contribution in [1.82, 2.24) is 0 Å². The molecule has 2 atom stereocenters. The van der Waals surface area contributed by atoms with E-state index in [1.165, 1.54) is 12.1 Å². The Kier molecular flexibility index (Phi) is 2.92. The fourth-order valence-corrected chi connectivity index (χ4v) is 3.12. The Bertz CT molecular complexity index is 761. The number of fused-ring (bicyclic) bond motifs is 3. The number of rotatable bonds is 2. The molecule has 0 N–H and O–H groups in total. The normalized spacial score (nSPS) is 22.4. The molecule has 4 rings (SSSR count). The van der Waals surface area contributed by atoms with Crippen LogP contribution in [0.4, 0.5) is 10.1 Å². The van der Waals surface area contributed by atoms with Crippen molar-refractivity contribution < 1.29 is 13.9 Å². The number of hydrazone groups is 1. The third-order valence-electron chi connectivity index (χ3n) is 4.10. The molecule has 2 aromatic rings. The molecule has 22 heavy (non-hydrogen) atoms. The Morgan fingerprint density at radius 1 is 1.23 bits per heavy atom. The van der Waals surface area contributed by atoms with Crippen LogP contribution in [0.3, 0.4) is 0 Å². The van der Waals surface area contributed by atoms with Gasteiger partial charge in [0.15, 0.2) is 6.29 Å². The molecule has 2 aliphatic heterocycles. The number of hydrogen-bond donors (Lipinski definition) is 0. The molecular weight excluding hydrogens is 283 g/mol. The molecule has 0 saturated heterocycles. The number of hydrogen-bond acceptors (Lipinski definition) is 4. The van der Waals surface area contributed by atoms with Crippen LogP contribution in [0.2, 0.25) is 0 Å². The van der Waals surface area contributed by atoms with Gasteiger partial charge in [0.2, 0.25) is 0 Å². The number of carbonyl (C=O) groups is 1. The summed E-state index contributed by atoms with van der Waals surface area (Å²) in [6, 6.07) is 13.9. The first-order valence-electron chi connectivity index (χ1n) is 7.08. The Hall–Kier alpha value is -2.69. The standard InChI is InChI=1S/C17H13FN2O2/c18-12-6-7-16-14(8-12)20-15(10-22-16)17(13(9-21)19-20)11-4-2-1-3-5-11/h1-9,15,17H,10H2/t15-,17?/m0/s1. The second-order valence-corrected chi connectivity index (χ2v) is 5.37. The van der Waals surface area contributed by atoms with E-state index in [1.807, 2.05) is 30.3 Å². The minimum atomic E-state index is -0.353. The van der Waals surface area contributed by atoms with Gasteiger partial charge in [-0.3, -0.25) is 9.80 Å². The molecule has 0 aromatic heterocycles. The van der Waals surface area contributed by atoms with E-state index in [9.17, 15) is 9.18 Å². The number of nitrogens with zero attached hydrogens (tertiary/aromatic N) is 2. The quantitative estimate of drug-likeness (QED) is 0.800. The molecule has 5 heteroatoms. The van der Waals surface area contributed by atoms with E-state index in [-0.39, 0.29) is 17.8 Å². The molecule has 2 heterocycles. The molecule has 0 radical (unpaired) electrons. The van der Waals surface area contributed by atoms with Crippen LogP contribution >= 0.6 is 0 Å². The van der Waals surface area contributed by atoms with Gasteiger partial charge < -0.3 is 4.74 Å². The summed E-state index contributed by atoms with van der Waals surface area (Å²) in [5.74, 6) is 0.0597. The van der Waals surface area contributed by atoms with Crippen molar-refractivity contribution in [2.45, 2.75) is 12.0 Å². The summed E-state index contributed by atoms with van der Waals surface area (Å²) in [4.78, 5) is 11.4. The molecule has 110 valence electrons. The van der Waals surface area contributed by atoms with Crippen molar-refractivity contribution in [3.05, 3.63) is 59.9 Å². The van der Waals surface area contributed by atoms with Crippen molar-refractivity contribution in [1.29, 1.82) is 0 Å². The van der Waals surface area contributed by atoms with Crippen LogP contribution in [0.1, 0.15) is 11.5 Å². The lowest BCUT2D eigenvalue weighted by atomic mass is 9.88. The highest BCUT2D eigenvalue weighted by atomic mass is 19.1. The van der Waals surface area contributed by atoms with E-state index in [0.29, 0.717) is 23.8 Å². The van der Waals surface area contributed by atoms with E-state index in [4.69, 9.17) is 4.74 Å². The number of halogens is 1. The van der Waals surface area contributed by atoms with E-state index >= 15 is 0 Å². The Morgan fingerprint density at radius 3 is 2.82 bits per heavy atom. The number of ether oxygens (including phenoxy) is 1. The lowest BCUT2D eigenvalue weighted by molar-refractivity contribution is -0.102. The van der Waals surface area contributed by atoms with Gasteiger partial charge in [0.25, 0.3) is 0 Å². The molecule has 0 aliphatic carbocycles. The summed E-state index contributed by atoms with van der Waals surface area (Å²) in [7, 11) is 0. The van der Waals surface area contributed by atoms with Gasteiger partial charge in [-0.15, -0.1) is 0 Å². The number of carbonyl (C=O) groups excluding carboxylic acids is 1. The van der Waals surface area contributed by atoms with Crippen molar-refractivity contribution in [2.24, 2.45) is 5.10 Å².